The molecule has 0 atom stereocenters. The first-order chi connectivity index (χ1) is 13.4. The summed E-state index contributed by atoms with van der Waals surface area (Å²) in [5, 5.41) is 2.76. The van der Waals surface area contributed by atoms with E-state index < -0.39 is 6.61 Å². The van der Waals surface area contributed by atoms with Crippen molar-refractivity contribution in [3.63, 3.8) is 0 Å². The van der Waals surface area contributed by atoms with Crippen LogP contribution in [0.3, 0.4) is 0 Å². The van der Waals surface area contributed by atoms with Crippen LogP contribution in [0.2, 0.25) is 0 Å². The highest BCUT2D eigenvalue weighted by Crippen LogP contribution is 2.29. The van der Waals surface area contributed by atoms with E-state index >= 15 is 0 Å². The van der Waals surface area contributed by atoms with Gasteiger partial charge in [0.2, 0.25) is 11.8 Å². The maximum absolute atomic E-state index is 12.3. The van der Waals surface area contributed by atoms with E-state index in [2.05, 4.69) is 10.1 Å². The quantitative estimate of drug-likeness (QED) is 0.548. The third kappa shape index (κ3) is 8.54. The third-order valence-corrected chi connectivity index (χ3v) is 4.07. The Bertz CT molecular complexity index is 620. The third-order valence-electron chi connectivity index (χ3n) is 4.07. The Labute approximate surface area is 165 Å². The molecule has 8 heteroatoms. The van der Waals surface area contributed by atoms with Gasteiger partial charge in [-0.25, -0.2) is 0 Å². The summed E-state index contributed by atoms with van der Waals surface area (Å²) in [6.45, 7) is 2.84. The molecule has 0 spiro atoms. The van der Waals surface area contributed by atoms with Crippen LogP contribution in [0.1, 0.15) is 51.5 Å². The fourth-order valence-corrected chi connectivity index (χ4v) is 2.76. The van der Waals surface area contributed by atoms with Gasteiger partial charge in [0.25, 0.3) is 0 Å². The lowest BCUT2D eigenvalue weighted by molar-refractivity contribution is -0.131. The number of hydrogen-bond donors (Lipinski definition) is 1. The van der Waals surface area contributed by atoms with Crippen molar-refractivity contribution in [2.24, 2.45) is 0 Å². The minimum Gasteiger partial charge on any atom is -0.493 e. The zero-order valence-corrected chi connectivity index (χ0v) is 16.8. The van der Waals surface area contributed by atoms with Crippen molar-refractivity contribution >= 4 is 11.8 Å². The number of benzene rings is 1. The Morgan fingerprint density at radius 1 is 1.11 bits per heavy atom. The van der Waals surface area contributed by atoms with Crippen LogP contribution in [0.25, 0.3) is 0 Å². The van der Waals surface area contributed by atoms with Crippen LogP contribution < -0.4 is 14.8 Å². The topological polar surface area (TPSA) is 67.9 Å². The number of carbonyl (C=O) groups excluding carboxylic acids is 2. The highest BCUT2D eigenvalue weighted by atomic mass is 19.3. The second-order valence-electron chi connectivity index (χ2n) is 6.37. The average molecular weight is 400 g/mol. The van der Waals surface area contributed by atoms with Gasteiger partial charge in [0.1, 0.15) is 0 Å². The Balaban J connectivity index is 2.43. The van der Waals surface area contributed by atoms with Gasteiger partial charge in [0.15, 0.2) is 11.5 Å². The standard InChI is InChI=1S/C20H30F2N2O4/c1-4-11-24(12-5-2)19(26)8-6-7-18(25)23-14-15-9-10-16(28-20(21)22)17(13-15)27-3/h9-10,13,20H,4-8,11-12,14H2,1-3H3,(H,23,25). The van der Waals surface area contributed by atoms with Gasteiger partial charge in [-0.1, -0.05) is 19.9 Å². The lowest BCUT2D eigenvalue weighted by Crippen LogP contribution is -2.32. The fraction of sp³-hybridized carbons (Fsp3) is 0.600. The first-order valence-electron chi connectivity index (χ1n) is 9.57. The Kier molecular flexibility index (Phi) is 10.9. The number of alkyl halides is 2. The number of halogens is 2. The van der Waals surface area contributed by atoms with Crippen molar-refractivity contribution in [3.05, 3.63) is 23.8 Å². The molecule has 28 heavy (non-hydrogen) atoms. The largest absolute Gasteiger partial charge is 0.493 e. The fourth-order valence-electron chi connectivity index (χ4n) is 2.76. The number of hydrogen-bond acceptors (Lipinski definition) is 4. The summed E-state index contributed by atoms with van der Waals surface area (Å²) in [5.74, 6) is 0.0208. The number of nitrogens with zero attached hydrogens (tertiary/aromatic N) is 1. The number of nitrogens with one attached hydrogen (secondary N) is 1. The summed E-state index contributed by atoms with van der Waals surface area (Å²) in [5.41, 5.74) is 0.694. The van der Waals surface area contributed by atoms with Crippen molar-refractivity contribution in [3.8, 4) is 11.5 Å². The molecule has 0 unspecified atom stereocenters. The molecule has 0 aromatic heterocycles. The lowest BCUT2D eigenvalue weighted by Gasteiger charge is -2.21. The van der Waals surface area contributed by atoms with Gasteiger partial charge in [0, 0.05) is 32.5 Å². The minimum atomic E-state index is -2.94. The lowest BCUT2D eigenvalue weighted by atomic mass is 10.1. The van der Waals surface area contributed by atoms with Crippen molar-refractivity contribution < 1.29 is 27.8 Å². The molecule has 0 fully saturated rings. The van der Waals surface area contributed by atoms with Crippen LogP contribution in [0.5, 0.6) is 11.5 Å². The normalized spacial score (nSPS) is 10.6. The first kappa shape index (κ1) is 23.7. The van der Waals surface area contributed by atoms with Crippen LogP contribution >= 0.6 is 0 Å². The predicted molar refractivity (Wildman–Crippen MR) is 102 cm³/mol. The maximum atomic E-state index is 12.3. The molecule has 2 amide bonds. The Morgan fingerprint density at radius 3 is 2.36 bits per heavy atom. The maximum Gasteiger partial charge on any atom is 0.387 e. The number of amides is 2. The molecule has 0 aliphatic rings. The SMILES string of the molecule is CCCN(CCC)C(=O)CCCC(=O)NCc1ccc(OC(F)F)c(OC)c1. The average Bonchev–Trinajstić information content (AvgIpc) is 2.66. The molecule has 1 aromatic carbocycles. The van der Waals surface area contributed by atoms with Crippen LogP contribution in [-0.4, -0.2) is 43.5 Å². The Morgan fingerprint density at radius 2 is 1.79 bits per heavy atom. The highest BCUT2D eigenvalue weighted by molar-refractivity contribution is 5.79. The van der Waals surface area contributed by atoms with E-state index in [9.17, 15) is 18.4 Å². The van der Waals surface area contributed by atoms with Crippen LogP contribution in [-0.2, 0) is 16.1 Å². The zero-order chi connectivity index (χ0) is 20.9. The molecular weight excluding hydrogens is 370 g/mol. The number of methoxy groups -OCH3 is 1. The highest BCUT2D eigenvalue weighted by Gasteiger charge is 2.13. The van der Waals surface area contributed by atoms with Gasteiger partial charge in [-0.2, -0.15) is 8.78 Å². The van der Waals surface area contributed by atoms with Gasteiger partial charge < -0.3 is 19.7 Å². The molecule has 0 aliphatic heterocycles. The van der Waals surface area contributed by atoms with E-state index in [1.54, 1.807) is 6.07 Å². The molecule has 158 valence electrons. The van der Waals surface area contributed by atoms with Crippen molar-refractivity contribution in [2.75, 3.05) is 20.2 Å². The molecule has 6 nitrogen and oxygen atoms in total. The number of rotatable bonds is 13. The minimum absolute atomic E-state index is 0.0604. The monoisotopic (exact) mass is 400 g/mol. The van der Waals surface area contributed by atoms with E-state index in [1.807, 2.05) is 18.7 Å². The molecule has 0 bridgehead atoms. The van der Waals surface area contributed by atoms with E-state index in [4.69, 9.17) is 4.74 Å². The van der Waals surface area contributed by atoms with E-state index in [1.165, 1.54) is 19.2 Å². The van der Waals surface area contributed by atoms with Crippen LogP contribution in [0.15, 0.2) is 18.2 Å². The zero-order valence-electron chi connectivity index (χ0n) is 16.8. The molecule has 0 heterocycles. The second kappa shape index (κ2) is 12.9. The van der Waals surface area contributed by atoms with Gasteiger partial charge in [-0.3, -0.25) is 9.59 Å². The molecular formula is C20H30F2N2O4. The molecule has 0 radical (unpaired) electrons. The first-order valence-corrected chi connectivity index (χ1v) is 9.57. The van der Waals surface area contributed by atoms with Crippen LogP contribution in [0.4, 0.5) is 8.78 Å². The second-order valence-corrected chi connectivity index (χ2v) is 6.37. The summed E-state index contributed by atoms with van der Waals surface area (Å²) >= 11 is 0. The van der Waals surface area contributed by atoms with Crippen molar-refractivity contribution in [2.45, 2.75) is 59.1 Å². The van der Waals surface area contributed by atoms with Gasteiger partial charge >= 0.3 is 6.61 Å². The molecule has 0 saturated carbocycles. The van der Waals surface area contributed by atoms with Gasteiger partial charge in [-0.05, 0) is 37.0 Å². The summed E-state index contributed by atoms with van der Waals surface area (Å²) in [7, 11) is 1.35. The van der Waals surface area contributed by atoms with Crippen molar-refractivity contribution in [1.82, 2.24) is 10.2 Å². The summed E-state index contributed by atoms with van der Waals surface area (Å²) < 4.78 is 34.1. The molecule has 0 saturated heterocycles. The predicted octanol–water partition coefficient (Wildman–Crippen LogP) is 3.73. The van der Waals surface area contributed by atoms with Crippen LogP contribution in [0, 0.1) is 0 Å². The van der Waals surface area contributed by atoms with Gasteiger partial charge in [-0.15, -0.1) is 0 Å². The van der Waals surface area contributed by atoms with Gasteiger partial charge in [0.05, 0.1) is 7.11 Å². The Hall–Kier alpha value is -2.38. The van der Waals surface area contributed by atoms with E-state index in [0.717, 1.165) is 25.9 Å². The summed E-state index contributed by atoms with van der Waals surface area (Å²) in [6, 6.07) is 4.49. The van der Waals surface area contributed by atoms with Crippen molar-refractivity contribution in [1.29, 1.82) is 0 Å². The van der Waals surface area contributed by atoms with E-state index in [0.29, 0.717) is 18.4 Å². The molecule has 1 N–H and O–H groups in total. The van der Waals surface area contributed by atoms with E-state index in [-0.39, 0.29) is 36.3 Å². The molecule has 1 rings (SSSR count). The summed E-state index contributed by atoms with van der Waals surface area (Å²) in [6.07, 6.45) is 2.91. The number of carbonyl (C=O) groups is 2. The molecule has 0 aliphatic carbocycles. The molecule has 1 aromatic rings. The smallest absolute Gasteiger partial charge is 0.387 e. The summed E-state index contributed by atoms with van der Waals surface area (Å²) in [4.78, 5) is 26.0. The number of ether oxygens (including phenoxy) is 2.